The van der Waals surface area contributed by atoms with Crippen LogP contribution in [0.2, 0.25) is 0 Å². The first-order valence-corrected chi connectivity index (χ1v) is 13.3. The minimum Gasteiger partial charge on any atom is -0.390 e. The summed E-state index contributed by atoms with van der Waals surface area (Å²) in [6.07, 6.45) is 3.03. The fourth-order valence-corrected chi connectivity index (χ4v) is 5.28. The van der Waals surface area contributed by atoms with Crippen LogP contribution in [0.3, 0.4) is 0 Å². The molecule has 3 aromatic heterocycles. The van der Waals surface area contributed by atoms with Crippen LogP contribution < -0.4 is 10.5 Å². The quantitative estimate of drug-likeness (QED) is 0.251. The van der Waals surface area contributed by atoms with E-state index < -0.39 is 17.1 Å². The van der Waals surface area contributed by atoms with Gasteiger partial charge < -0.3 is 14.3 Å². The van der Waals surface area contributed by atoms with Gasteiger partial charge in [-0.1, -0.05) is 5.16 Å². The number of nitriles is 2. The van der Waals surface area contributed by atoms with Crippen LogP contribution >= 0.6 is 0 Å². The molecule has 4 rings (SSSR count). The maximum absolute atomic E-state index is 14.2. The van der Waals surface area contributed by atoms with Gasteiger partial charge in [0.05, 0.1) is 16.9 Å². The summed E-state index contributed by atoms with van der Waals surface area (Å²) in [6, 6.07) is 9.19. The van der Waals surface area contributed by atoms with E-state index in [1.807, 2.05) is 32.7 Å². The van der Waals surface area contributed by atoms with E-state index in [2.05, 4.69) is 27.3 Å². The highest BCUT2D eigenvalue weighted by Gasteiger charge is 2.32. The minimum atomic E-state index is -0.497. The molecule has 0 bridgehead atoms. The Hall–Kier alpha value is -4.31. The first kappa shape index (κ1) is 28.7. The lowest BCUT2D eigenvalue weighted by Gasteiger charge is -2.37. The zero-order valence-corrected chi connectivity index (χ0v) is 24.0. The molecule has 0 radical (unpaired) electrons. The molecule has 0 amide bonds. The Kier molecular flexibility index (Phi) is 7.93. The van der Waals surface area contributed by atoms with Crippen molar-refractivity contribution in [3.05, 3.63) is 62.6 Å². The van der Waals surface area contributed by atoms with E-state index in [9.17, 15) is 19.7 Å². The molecule has 40 heavy (non-hydrogen) atoms. The van der Waals surface area contributed by atoms with Crippen molar-refractivity contribution in [3.8, 4) is 12.1 Å². The third-order valence-electron chi connectivity index (χ3n) is 7.46. The standard InChI is InChI=1S/C30H34FN7O2/c1-17-14-22(18(2)34-28(17)31)25(36-40-30(3,4)5)19-8-11-21(12-9-19)37(6)27-23(16-33)29(39)38(7)24-13-10-20(15-32)35-26(24)27/h10,13-14,19,21H,8-9,11-12H2,1-7H3/b36-25+. The average molecular weight is 544 g/mol. The second-order valence-corrected chi connectivity index (χ2v) is 11.4. The van der Waals surface area contributed by atoms with Gasteiger partial charge in [-0.15, -0.1) is 0 Å². The van der Waals surface area contributed by atoms with Gasteiger partial charge in [0.1, 0.15) is 34.5 Å². The van der Waals surface area contributed by atoms with Crippen LogP contribution in [-0.2, 0) is 11.9 Å². The van der Waals surface area contributed by atoms with E-state index in [0.717, 1.165) is 37.0 Å². The lowest BCUT2D eigenvalue weighted by Crippen LogP contribution is -2.39. The Morgan fingerprint density at radius 3 is 2.42 bits per heavy atom. The van der Waals surface area contributed by atoms with E-state index in [0.29, 0.717) is 28.0 Å². The summed E-state index contributed by atoms with van der Waals surface area (Å²) in [4.78, 5) is 29.5. The predicted molar refractivity (Wildman–Crippen MR) is 152 cm³/mol. The van der Waals surface area contributed by atoms with Crippen LogP contribution in [0, 0.1) is 48.4 Å². The molecular formula is C30H34FN7O2. The Labute approximate surface area is 233 Å². The second-order valence-electron chi connectivity index (χ2n) is 11.4. The van der Waals surface area contributed by atoms with Crippen molar-refractivity contribution in [1.82, 2.24) is 14.5 Å². The van der Waals surface area contributed by atoms with Crippen LogP contribution in [-0.4, -0.2) is 38.9 Å². The zero-order valence-electron chi connectivity index (χ0n) is 24.0. The fourth-order valence-electron chi connectivity index (χ4n) is 5.28. The summed E-state index contributed by atoms with van der Waals surface area (Å²) in [5, 5.41) is 24.0. The first-order valence-electron chi connectivity index (χ1n) is 13.3. The topological polar surface area (TPSA) is 120 Å². The molecule has 1 saturated carbocycles. The molecule has 1 aliphatic rings. The van der Waals surface area contributed by atoms with Crippen molar-refractivity contribution in [2.24, 2.45) is 18.1 Å². The monoisotopic (exact) mass is 543 g/mol. The van der Waals surface area contributed by atoms with Crippen LogP contribution in [0.4, 0.5) is 10.1 Å². The van der Waals surface area contributed by atoms with Gasteiger partial charge in [0, 0.05) is 42.9 Å². The summed E-state index contributed by atoms with van der Waals surface area (Å²) in [5.41, 5.74) is 3.31. The first-order chi connectivity index (χ1) is 18.9. The summed E-state index contributed by atoms with van der Waals surface area (Å²) in [5.74, 6) is -0.443. The Morgan fingerprint density at radius 2 is 1.82 bits per heavy atom. The number of hydrogen-bond donors (Lipinski definition) is 0. The van der Waals surface area contributed by atoms with Gasteiger partial charge in [0.25, 0.3) is 5.56 Å². The second kappa shape index (κ2) is 11.1. The molecule has 0 unspecified atom stereocenters. The summed E-state index contributed by atoms with van der Waals surface area (Å²) in [7, 11) is 3.47. The maximum Gasteiger partial charge on any atom is 0.270 e. The molecule has 10 heteroatoms. The molecule has 208 valence electrons. The van der Waals surface area contributed by atoms with E-state index >= 15 is 0 Å². The highest BCUT2D eigenvalue weighted by atomic mass is 19.1. The molecule has 3 heterocycles. The molecule has 9 nitrogen and oxygen atoms in total. The van der Waals surface area contributed by atoms with Crippen molar-refractivity contribution >= 4 is 22.4 Å². The molecule has 0 aromatic carbocycles. The van der Waals surface area contributed by atoms with Crippen molar-refractivity contribution in [1.29, 1.82) is 10.5 Å². The highest BCUT2D eigenvalue weighted by Crippen LogP contribution is 2.36. The van der Waals surface area contributed by atoms with Crippen LogP contribution in [0.25, 0.3) is 11.0 Å². The molecule has 0 saturated heterocycles. The lowest BCUT2D eigenvalue weighted by atomic mass is 9.80. The van der Waals surface area contributed by atoms with Gasteiger partial charge in [-0.3, -0.25) is 4.79 Å². The van der Waals surface area contributed by atoms with Crippen LogP contribution in [0.1, 0.15) is 74.5 Å². The van der Waals surface area contributed by atoms with E-state index in [4.69, 9.17) is 4.84 Å². The lowest BCUT2D eigenvalue weighted by molar-refractivity contribution is -0.0000448. The third-order valence-corrected chi connectivity index (χ3v) is 7.46. The summed E-state index contributed by atoms with van der Waals surface area (Å²) < 4.78 is 15.6. The number of anilines is 1. The normalized spacial score (nSPS) is 17.8. The summed E-state index contributed by atoms with van der Waals surface area (Å²) in [6.45, 7) is 9.24. The summed E-state index contributed by atoms with van der Waals surface area (Å²) >= 11 is 0. The largest absolute Gasteiger partial charge is 0.390 e. The molecule has 0 aliphatic heterocycles. The zero-order chi connectivity index (χ0) is 29.4. The number of rotatable bonds is 5. The van der Waals surface area contributed by atoms with Gasteiger partial charge in [-0.05, 0) is 78.5 Å². The van der Waals surface area contributed by atoms with E-state index in [1.165, 1.54) is 4.57 Å². The number of fused-ring (bicyclic) bond motifs is 1. The third kappa shape index (κ3) is 5.53. The fraction of sp³-hybridized carbons (Fsp3) is 0.467. The SMILES string of the molecule is Cc1cc(/C(=N/OC(C)(C)C)C2CCC(N(C)c3c(C#N)c(=O)n(C)c4ccc(C#N)nc34)CC2)c(C)nc1F. The van der Waals surface area contributed by atoms with Gasteiger partial charge in [0.2, 0.25) is 5.95 Å². The van der Waals surface area contributed by atoms with Crippen molar-refractivity contribution in [2.75, 3.05) is 11.9 Å². The van der Waals surface area contributed by atoms with Gasteiger partial charge in [-0.2, -0.15) is 14.9 Å². The number of oxime groups is 1. The number of pyridine rings is 3. The predicted octanol–water partition coefficient (Wildman–Crippen LogP) is 5.04. The van der Waals surface area contributed by atoms with Crippen molar-refractivity contribution < 1.29 is 9.23 Å². The Bertz CT molecular complexity index is 1630. The molecule has 0 N–H and O–H groups in total. The highest BCUT2D eigenvalue weighted by molar-refractivity contribution is 6.03. The van der Waals surface area contributed by atoms with Crippen LogP contribution in [0.5, 0.6) is 0 Å². The van der Waals surface area contributed by atoms with Gasteiger partial charge in [0.15, 0.2) is 0 Å². The van der Waals surface area contributed by atoms with Crippen molar-refractivity contribution in [3.63, 3.8) is 0 Å². The average Bonchev–Trinajstić information content (AvgIpc) is 2.92. The smallest absolute Gasteiger partial charge is 0.270 e. The molecule has 3 aromatic rings. The number of aryl methyl sites for hydroxylation is 3. The Morgan fingerprint density at radius 1 is 1.15 bits per heavy atom. The minimum absolute atomic E-state index is 0.00604. The molecule has 1 fully saturated rings. The molecule has 0 atom stereocenters. The molecule has 0 spiro atoms. The molecule has 1 aliphatic carbocycles. The van der Waals surface area contributed by atoms with Gasteiger partial charge in [-0.25, -0.2) is 9.97 Å². The van der Waals surface area contributed by atoms with Crippen LogP contribution in [0.15, 0.2) is 28.1 Å². The van der Waals surface area contributed by atoms with E-state index in [-0.39, 0.29) is 23.2 Å². The number of halogens is 1. The molecular weight excluding hydrogens is 509 g/mol. The number of hydrogen-bond acceptors (Lipinski definition) is 8. The van der Waals surface area contributed by atoms with Crippen molar-refractivity contribution in [2.45, 2.75) is 71.9 Å². The van der Waals surface area contributed by atoms with Gasteiger partial charge >= 0.3 is 0 Å². The van der Waals surface area contributed by atoms with E-state index in [1.54, 1.807) is 39.1 Å². The number of aromatic nitrogens is 3. The number of nitrogens with zero attached hydrogens (tertiary/aromatic N) is 7. The Balaban J connectivity index is 1.69. The maximum atomic E-state index is 14.2.